The van der Waals surface area contributed by atoms with E-state index >= 15 is 0 Å². The van der Waals surface area contributed by atoms with Gasteiger partial charge in [-0.1, -0.05) is 25.0 Å². The summed E-state index contributed by atoms with van der Waals surface area (Å²) in [6.45, 7) is 3.40. The van der Waals surface area contributed by atoms with Crippen LogP contribution in [0.4, 0.5) is 0 Å². The highest BCUT2D eigenvalue weighted by atomic mass is 16.4. The SMILES string of the molecule is Cc1ccc(C)c(C(=O)N[C@H]2CCCC[C@@H]2O)c1C(=O)O. The highest BCUT2D eigenvalue weighted by Gasteiger charge is 2.27. The van der Waals surface area contributed by atoms with E-state index in [1.807, 2.05) is 0 Å². The van der Waals surface area contributed by atoms with Gasteiger partial charge in [0.15, 0.2) is 0 Å². The molecule has 0 aromatic heterocycles. The summed E-state index contributed by atoms with van der Waals surface area (Å²) in [7, 11) is 0. The molecule has 1 aliphatic carbocycles. The number of carboxylic acid groups (broad SMARTS) is 1. The second-order valence-electron chi connectivity index (χ2n) is 5.69. The van der Waals surface area contributed by atoms with Gasteiger partial charge in [0.1, 0.15) is 0 Å². The average molecular weight is 291 g/mol. The van der Waals surface area contributed by atoms with Gasteiger partial charge < -0.3 is 15.5 Å². The number of amides is 1. The third-order valence-electron chi connectivity index (χ3n) is 4.11. The fourth-order valence-corrected chi connectivity index (χ4v) is 2.90. The van der Waals surface area contributed by atoms with Gasteiger partial charge >= 0.3 is 5.97 Å². The van der Waals surface area contributed by atoms with Crippen LogP contribution in [0, 0.1) is 13.8 Å². The summed E-state index contributed by atoms with van der Waals surface area (Å²) in [5, 5.41) is 22.1. The molecule has 5 heteroatoms. The van der Waals surface area contributed by atoms with Crippen molar-refractivity contribution in [3.05, 3.63) is 34.4 Å². The highest BCUT2D eigenvalue weighted by Crippen LogP contribution is 2.22. The first-order valence-corrected chi connectivity index (χ1v) is 7.24. The van der Waals surface area contributed by atoms with Crippen molar-refractivity contribution in [3.63, 3.8) is 0 Å². The van der Waals surface area contributed by atoms with Crippen molar-refractivity contribution in [3.8, 4) is 0 Å². The van der Waals surface area contributed by atoms with E-state index in [0.717, 1.165) is 19.3 Å². The predicted octanol–water partition coefficient (Wildman–Crippen LogP) is 2.03. The number of benzene rings is 1. The Kier molecular flexibility index (Phi) is 4.63. The van der Waals surface area contributed by atoms with Crippen LogP contribution in [-0.2, 0) is 0 Å². The quantitative estimate of drug-likeness (QED) is 0.795. The fourth-order valence-electron chi connectivity index (χ4n) is 2.90. The maximum absolute atomic E-state index is 12.5. The van der Waals surface area contributed by atoms with Crippen molar-refractivity contribution in [2.45, 2.75) is 51.7 Å². The molecular weight excluding hydrogens is 270 g/mol. The zero-order valence-electron chi connectivity index (χ0n) is 12.3. The lowest BCUT2D eigenvalue weighted by Gasteiger charge is -2.28. The van der Waals surface area contributed by atoms with Crippen molar-refractivity contribution in [1.82, 2.24) is 5.32 Å². The summed E-state index contributed by atoms with van der Waals surface area (Å²) >= 11 is 0. The monoisotopic (exact) mass is 291 g/mol. The minimum Gasteiger partial charge on any atom is -0.478 e. The number of carboxylic acids is 1. The molecule has 0 aliphatic heterocycles. The van der Waals surface area contributed by atoms with Crippen LogP contribution in [0.5, 0.6) is 0 Å². The van der Waals surface area contributed by atoms with E-state index in [4.69, 9.17) is 0 Å². The van der Waals surface area contributed by atoms with Gasteiger partial charge in [0.2, 0.25) is 0 Å². The van der Waals surface area contributed by atoms with Gasteiger partial charge in [-0.3, -0.25) is 4.79 Å². The normalized spacial score (nSPS) is 21.9. The van der Waals surface area contributed by atoms with Crippen molar-refractivity contribution in [2.75, 3.05) is 0 Å². The van der Waals surface area contributed by atoms with E-state index < -0.39 is 18.0 Å². The van der Waals surface area contributed by atoms with Crippen LogP contribution >= 0.6 is 0 Å². The molecule has 3 N–H and O–H groups in total. The standard InChI is InChI=1S/C16H21NO4/c1-9-7-8-10(2)14(16(20)21)13(9)15(19)17-11-5-3-4-6-12(11)18/h7-8,11-12,18H,3-6H2,1-2H3,(H,17,19)(H,20,21)/t11-,12-/m0/s1. The van der Waals surface area contributed by atoms with Crippen molar-refractivity contribution >= 4 is 11.9 Å². The number of aliphatic hydroxyl groups is 1. The van der Waals surface area contributed by atoms with Gasteiger partial charge in [0, 0.05) is 0 Å². The van der Waals surface area contributed by atoms with E-state index in [0.29, 0.717) is 17.5 Å². The van der Waals surface area contributed by atoms with Gasteiger partial charge in [-0.05, 0) is 37.8 Å². The maximum Gasteiger partial charge on any atom is 0.336 e. The zero-order valence-corrected chi connectivity index (χ0v) is 12.3. The topological polar surface area (TPSA) is 86.6 Å². The van der Waals surface area contributed by atoms with Gasteiger partial charge in [0.25, 0.3) is 5.91 Å². The molecular formula is C16H21NO4. The molecule has 2 atom stereocenters. The van der Waals surface area contributed by atoms with E-state index in [1.165, 1.54) is 0 Å². The smallest absolute Gasteiger partial charge is 0.336 e. The number of rotatable bonds is 3. The number of aliphatic hydroxyl groups excluding tert-OH is 1. The molecule has 0 bridgehead atoms. The van der Waals surface area contributed by atoms with Crippen molar-refractivity contribution in [2.24, 2.45) is 0 Å². The van der Waals surface area contributed by atoms with Crippen molar-refractivity contribution in [1.29, 1.82) is 0 Å². The molecule has 1 saturated carbocycles. The largest absolute Gasteiger partial charge is 0.478 e. The number of aromatic carboxylic acids is 1. The summed E-state index contributed by atoms with van der Waals surface area (Å²) in [5.74, 6) is -1.52. The number of carbonyl (C=O) groups is 2. The average Bonchev–Trinajstić information content (AvgIpc) is 2.43. The molecule has 1 fully saturated rings. The first-order chi connectivity index (χ1) is 9.91. The first-order valence-electron chi connectivity index (χ1n) is 7.24. The minimum atomic E-state index is -1.11. The Labute approximate surface area is 124 Å². The van der Waals surface area contributed by atoms with Gasteiger partial charge in [-0.15, -0.1) is 0 Å². The summed E-state index contributed by atoms with van der Waals surface area (Å²) in [6.07, 6.45) is 2.75. The highest BCUT2D eigenvalue weighted by molar-refractivity contribution is 6.06. The third kappa shape index (κ3) is 3.24. The predicted molar refractivity (Wildman–Crippen MR) is 78.6 cm³/mol. The molecule has 114 valence electrons. The van der Waals surface area contributed by atoms with Crippen LogP contribution in [0.3, 0.4) is 0 Å². The lowest BCUT2D eigenvalue weighted by Crippen LogP contribution is -2.45. The van der Waals surface area contributed by atoms with Gasteiger partial charge in [-0.2, -0.15) is 0 Å². The summed E-state index contributed by atoms with van der Waals surface area (Å²) in [6, 6.07) is 3.15. The molecule has 1 aliphatic rings. The Morgan fingerprint density at radius 3 is 2.24 bits per heavy atom. The number of nitrogens with one attached hydrogen (secondary N) is 1. The zero-order chi connectivity index (χ0) is 15.6. The maximum atomic E-state index is 12.5. The molecule has 21 heavy (non-hydrogen) atoms. The van der Waals surface area contributed by atoms with Gasteiger partial charge in [0.05, 0.1) is 23.3 Å². The van der Waals surface area contributed by atoms with Crippen LogP contribution in [0.15, 0.2) is 12.1 Å². The van der Waals surface area contributed by atoms with Crippen LogP contribution in [0.1, 0.15) is 57.5 Å². The molecule has 0 radical (unpaired) electrons. The van der Waals surface area contributed by atoms with Crippen LogP contribution in [-0.4, -0.2) is 34.2 Å². The van der Waals surface area contributed by atoms with E-state index in [-0.39, 0.29) is 17.2 Å². The number of hydrogen-bond donors (Lipinski definition) is 3. The number of hydrogen-bond acceptors (Lipinski definition) is 3. The molecule has 0 unspecified atom stereocenters. The lowest BCUT2D eigenvalue weighted by molar-refractivity contribution is 0.0673. The molecule has 1 aromatic carbocycles. The Balaban J connectivity index is 2.30. The van der Waals surface area contributed by atoms with E-state index in [1.54, 1.807) is 26.0 Å². The second kappa shape index (κ2) is 6.26. The summed E-state index contributed by atoms with van der Waals surface area (Å²) < 4.78 is 0. The molecule has 0 heterocycles. The van der Waals surface area contributed by atoms with E-state index in [9.17, 15) is 19.8 Å². The molecule has 1 amide bonds. The molecule has 5 nitrogen and oxygen atoms in total. The fraction of sp³-hybridized carbons (Fsp3) is 0.500. The lowest BCUT2D eigenvalue weighted by atomic mass is 9.91. The second-order valence-corrected chi connectivity index (χ2v) is 5.69. The van der Waals surface area contributed by atoms with E-state index in [2.05, 4.69) is 5.32 Å². The minimum absolute atomic E-state index is 0.0396. The summed E-state index contributed by atoms with van der Waals surface area (Å²) in [5.41, 5.74) is 1.42. The van der Waals surface area contributed by atoms with Crippen LogP contribution < -0.4 is 5.32 Å². The molecule has 1 aromatic rings. The molecule has 2 rings (SSSR count). The Morgan fingerprint density at radius 2 is 1.67 bits per heavy atom. The van der Waals surface area contributed by atoms with Gasteiger partial charge in [-0.25, -0.2) is 4.79 Å². The number of carbonyl (C=O) groups excluding carboxylic acids is 1. The van der Waals surface area contributed by atoms with Crippen LogP contribution in [0.25, 0.3) is 0 Å². The Hall–Kier alpha value is -1.88. The number of aryl methyl sites for hydroxylation is 2. The Morgan fingerprint density at radius 1 is 1.10 bits per heavy atom. The van der Waals surface area contributed by atoms with Crippen molar-refractivity contribution < 1.29 is 19.8 Å². The summed E-state index contributed by atoms with van der Waals surface area (Å²) in [4.78, 5) is 23.9. The first kappa shape index (κ1) is 15.5. The van der Waals surface area contributed by atoms with Crippen LogP contribution in [0.2, 0.25) is 0 Å². The molecule has 0 saturated heterocycles. The molecule has 0 spiro atoms. The Bertz CT molecular complexity index is 568. The third-order valence-corrected chi connectivity index (χ3v) is 4.11.